The molecule has 0 aliphatic carbocycles. The number of thioether (sulfide) groups is 1. The van der Waals surface area contributed by atoms with Crippen LogP contribution in [-0.2, 0) is 25.5 Å². The molecule has 0 radical (unpaired) electrons. The maximum Gasteiger partial charge on any atom is 0.327 e. The van der Waals surface area contributed by atoms with Crippen LogP contribution in [0.4, 0.5) is 5.69 Å². The summed E-state index contributed by atoms with van der Waals surface area (Å²) in [6, 6.07) is 4.76. The minimum Gasteiger partial charge on any atom is -0.480 e. The first-order valence-corrected chi connectivity index (χ1v) is 10.3. The van der Waals surface area contributed by atoms with Crippen LogP contribution in [-0.4, -0.2) is 60.2 Å². The van der Waals surface area contributed by atoms with E-state index in [2.05, 4.69) is 5.32 Å². The van der Waals surface area contributed by atoms with E-state index in [0.29, 0.717) is 6.61 Å². The topological polar surface area (TPSA) is 95.9 Å². The minimum absolute atomic E-state index is 0.106. The smallest absolute Gasteiger partial charge is 0.327 e. The van der Waals surface area contributed by atoms with E-state index in [-0.39, 0.29) is 23.5 Å². The van der Waals surface area contributed by atoms with Gasteiger partial charge in [-0.15, -0.1) is 11.8 Å². The first kappa shape index (κ1) is 24.0. The van der Waals surface area contributed by atoms with E-state index in [1.165, 1.54) is 18.7 Å². The maximum atomic E-state index is 13.1. The molecule has 1 rings (SSSR count). The molecule has 28 heavy (non-hydrogen) atoms. The quantitative estimate of drug-likeness (QED) is 0.581. The van der Waals surface area contributed by atoms with Gasteiger partial charge in [0.25, 0.3) is 0 Å². The highest BCUT2D eigenvalue weighted by Gasteiger charge is 2.26. The zero-order valence-corrected chi connectivity index (χ0v) is 18.0. The van der Waals surface area contributed by atoms with Gasteiger partial charge in [0.05, 0.1) is 24.1 Å². The number of carboxylic acid groups (broad SMARTS) is 1. The standard InChI is InChI=1S/C20H30N2O5S/c1-6-16-9-7-8-13(2)19(16)22(14(3)10-27-5)18(24)12-28-11-17(20(25)26)21-15(4)23/h7-9,14,17H,6,10-12H2,1-5H3,(H,21,23)(H,25,26)/t14?,17-/m0/s1. The van der Waals surface area contributed by atoms with E-state index in [9.17, 15) is 19.5 Å². The fourth-order valence-corrected chi connectivity index (χ4v) is 3.90. The number of benzene rings is 1. The lowest BCUT2D eigenvalue weighted by atomic mass is 10.0. The molecule has 2 N–H and O–H groups in total. The highest BCUT2D eigenvalue weighted by Crippen LogP contribution is 2.28. The summed E-state index contributed by atoms with van der Waals surface area (Å²) in [6.45, 7) is 7.59. The first-order chi connectivity index (χ1) is 13.2. The van der Waals surface area contributed by atoms with Gasteiger partial charge in [-0.1, -0.05) is 25.1 Å². The van der Waals surface area contributed by atoms with Crippen LogP contribution in [0.15, 0.2) is 18.2 Å². The highest BCUT2D eigenvalue weighted by atomic mass is 32.2. The van der Waals surface area contributed by atoms with E-state index >= 15 is 0 Å². The number of anilines is 1. The number of hydrogen-bond acceptors (Lipinski definition) is 5. The Labute approximate surface area is 170 Å². The highest BCUT2D eigenvalue weighted by molar-refractivity contribution is 8.00. The van der Waals surface area contributed by atoms with Gasteiger partial charge < -0.3 is 20.1 Å². The van der Waals surface area contributed by atoms with Crippen molar-refractivity contribution in [1.29, 1.82) is 0 Å². The van der Waals surface area contributed by atoms with E-state index < -0.39 is 17.9 Å². The van der Waals surface area contributed by atoms with Crippen molar-refractivity contribution in [3.63, 3.8) is 0 Å². The van der Waals surface area contributed by atoms with Crippen molar-refractivity contribution in [2.75, 3.05) is 30.1 Å². The van der Waals surface area contributed by atoms with Crippen LogP contribution in [0.3, 0.4) is 0 Å². The second-order valence-electron chi connectivity index (χ2n) is 6.61. The molecule has 0 aromatic heterocycles. The van der Waals surface area contributed by atoms with Crippen LogP contribution < -0.4 is 10.2 Å². The lowest BCUT2D eigenvalue weighted by molar-refractivity contribution is -0.140. The number of carbonyl (C=O) groups excluding carboxylic acids is 2. The average Bonchev–Trinajstić information content (AvgIpc) is 2.62. The van der Waals surface area contributed by atoms with Crippen LogP contribution in [0.25, 0.3) is 0 Å². The normalized spacial score (nSPS) is 12.9. The summed E-state index contributed by atoms with van der Waals surface area (Å²) in [6.07, 6.45) is 0.789. The Morgan fingerprint density at radius 2 is 2.00 bits per heavy atom. The van der Waals surface area contributed by atoms with Gasteiger partial charge in [0, 0.05) is 19.8 Å². The number of nitrogens with zero attached hydrogens (tertiary/aromatic N) is 1. The van der Waals surface area contributed by atoms with Crippen molar-refractivity contribution in [1.82, 2.24) is 5.32 Å². The molecule has 1 aromatic carbocycles. The summed E-state index contributed by atoms with van der Waals surface area (Å²) in [4.78, 5) is 37.2. The third-order valence-corrected chi connectivity index (χ3v) is 5.27. The Hall–Kier alpha value is -2.06. The van der Waals surface area contributed by atoms with Gasteiger partial charge in [-0.05, 0) is 31.4 Å². The lowest BCUT2D eigenvalue weighted by Crippen LogP contribution is -2.44. The Bertz CT molecular complexity index is 695. The predicted molar refractivity (Wildman–Crippen MR) is 112 cm³/mol. The third-order valence-electron chi connectivity index (χ3n) is 4.25. The number of aliphatic carboxylic acids is 1. The largest absolute Gasteiger partial charge is 0.480 e. The van der Waals surface area contributed by atoms with E-state index in [4.69, 9.17) is 4.74 Å². The van der Waals surface area contributed by atoms with Crippen LogP contribution in [0, 0.1) is 6.92 Å². The summed E-state index contributed by atoms with van der Waals surface area (Å²) in [5.41, 5.74) is 2.96. The molecule has 7 nitrogen and oxygen atoms in total. The molecule has 0 aliphatic heterocycles. The molecular formula is C20H30N2O5S. The molecular weight excluding hydrogens is 380 g/mol. The number of nitrogens with one attached hydrogen (secondary N) is 1. The minimum atomic E-state index is -1.12. The molecule has 2 atom stereocenters. The third kappa shape index (κ3) is 6.83. The zero-order valence-electron chi connectivity index (χ0n) is 17.2. The molecule has 0 spiro atoms. The van der Waals surface area contributed by atoms with Gasteiger partial charge >= 0.3 is 5.97 Å². The monoisotopic (exact) mass is 410 g/mol. The predicted octanol–water partition coefficient (Wildman–Crippen LogP) is 2.25. The van der Waals surface area contributed by atoms with Gasteiger partial charge in [0.1, 0.15) is 6.04 Å². The molecule has 0 fully saturated rings. The van der Waals surface area contributed by atoms with E-state index in [1.807, 2.05) is 39.0 Å². The Morgan fingerprint density at radius 3 is 2.54 bits per heavy atom. The van der Waals surface area contributed by atoms with Crippen molar-refractivity contribution in [2.24, 2.45) is 0 Å². The number of hydrogen-bond donors (Lipinski definition) is 2. The Morgan fingerprint density at radius 1 is 1.32 bits per heavy atom. The first-order valence-electron chi connectivity index (χ1n) is 9.20. The van der Waals surface area contributed by atoms with Crippen molar-refractivity contribution in [3.8, 4) is 0 Å². The van der Waals surface area contributed by atoms with Gasteiger partial charge in [-0.25, -0.2) is 4.79 Å². The molecule has 0 saturated heterocycles. The van der Waals surface area contributed by atoms with Gasteiger partial charge in [-0.3, -0.25) is 9.59 Å². The molecule has 2 amide bonds. The molecule has 0 heterocycles. The fourth-order valence-electron chi connectivity index (χ4n) is 3.01. The summed E-state index contributed by atoms with van der Waals surface area (Å²) in [5, 5.41) is 11.6. The molecule has 156 valence electrons. The molecule has 0 aliphatic rings. The van der Waals surface area contributed by atoms with Crippen molar-refractivity contribution in [3.05, 3.63) is 29.3 Å². The molecule has 0 saturated carbocycles. The number of para-hydroxylation sites is 1. The number of rotatable bonds is 11. The lowest BCUT2D eigenvalue weighted by Gasteiger charge is -2.32. The van der Waals surface area contributed by atoms with Crippen molar-refractivity contribution < 1.29 is 24.2 Å². The summed E-state index contributed by atoms with van der Waals surface area (Å²) in [7, 11) is 1.59. The van der Waals surface area contributed by atoms with Crippen LogP contribution in [0.1, 0.15) is 31.9 Å². The Balaban J connectivity index is 2.99. The maximum absolute atomic E-state index is 13.1. The van der Waals surface area contributed by atoms with Crippen LogP contribution >= 0.6 is 11.8 Å². The molecule has 1 aromatic rings. The number of carbonyl (C=O) groups is 3. The summed E-state index contributed by atoms with van der Waals surface area (Å²) >= 11 is 1.19. The zero-order chi connectivity index (χ0) is 21.3. The van der Waals surface area contributed by atoms with Crippen molar-refractivity contribution in [2.45, 2.75) is 46.2 Å². The Kier molecular flexibility index (Phi) is 10.0. The summed E-state index contributed by atoms with van der Waals surface area (Å²) in [5.74, 6) is -1.43. The van der Waals surface area contributed by atoms with Crippen molar-refractivity contribution >= 4 is 35.2 Å². The molecule has 8 heteroatoms. The SMILES string of the molecule is CCc1cccc(C)c1N(C(=O)CSC[C@H](NC(C)=O)C(=O)O)C(C)COC. The van der Waals surface area contributed by atoms with E-state index in [0.717, 1.165) is 23.2 Å². The molecule has 0 bridgehead atoms. The number of aryl methyl sites for hydroxylation is 2. The number of methoxy groups -OCH3 is 1. The van der Waals surface area contributed by atoms with E-state index in [1.54, 1.807) is 12.0 Å². The van der Waals surface area contributed by atoms with Crippen LogP contribution in [0.2, 0.25) is 0 Å². The van der Waals surface area contributed by atoms with Gasteiger partial charge in [-0.2, -0.15) is 0 Å². The van der Waals surface area contributed by atoms with Crippen LogP contribution in [0.5, 0.6) is 0 Å². The summed E-state index contributed by atoms with van der Waals surface area (Å²) < 4.78 is 5.26. The van der Waals surface area contributed by atoms with Gasteiger partial charge in [0.2, 0.25) is 11.8 Å². The molecule has 1 unspecified atom stereocenters. The van der Waals surface area contributed by atoms with Gasteiger partial charge in [0.15, 0.2) is 0 Å². The fraction of sp³-hybridized carbons (Fsp3) is 0.550. The number of ether oxygens (including phenoxy) is 1. The number of carboxylic acids is 1. The average molecular weight is 411 g/mol. The second kappa shape index (κ2) is 11.7. The number of amides is 2. The second-order valence-corrected chi connectivity index (χ2v) is 7.64.